The first kappa shape index (κ1) is 12.9. The molecule has 4 heteroatoms. The number of hydrogen-bond donors (Lipinski definition) is 1. The number of aromatic nitrogens is 1. The molecule has 20 heavy (non-hydrogen) atoms. The van der Waals surface area contributed by atoms with E-state index in [0.717, 1.165) is 42.2 Å². The molecule has 4 nitrogen and oxygen atoms in total. The number of pyridine rings is 1. The molecule has 0 atom stereocenters. The molecule has 0 unspecified atom stereocenters. The van der Waals surface area contributed by atoms with Crippen molar-refractivity contribution < 1.29 is 4.74 Å². The summed E-state index contributed by atoms with van der Waals surface area (Å²) in [7, 11) is 0. The van der Waals surface area contributed by atoms with Crippen molar-refractivity contribution in [3.63, 3.8) is 0 Å². The lowest BCUT2D eigenvalue weighted by atomic mass is 9.93. The maximum Gasteiger partial charge on any atom is 0.128 e. The molecule has 1 aromatic carbocycles. The fraction of sp³-hybridized carbons (Fsp3) is 0.375. The molecule has 2 N–H and O–H groups in total. The van der Waals surface area contributed by atoms with Crippen LogP contribution in [0.2, 0.25) is 0 Å². The predicted molar refractivity (Wildman–Crippen MR) is 77.3 cm³/mol. The Bertz CT molecular complexity index is 649. The zero-order chi connectivity index (χ0) is 13.9. The van der Waals surface area contributed by atoms with Crippen LogP contribution in [0.3, 0.4) is 0 Å². The predicted octanol–water partition coefficient (Wildman–Crippen LogP) is 2.76. The second-order valence-electron chi connectivity index (χ2n) is 5.31. The summed E-state index contributed by atoms with van der Waals surface area (Å²) >= 11 is 0. The van der Waals surface area contributed by atoms with E-state index in [1.165, 1.54) is 0 Å². The molecule has 1 aliphatic carbocycles. The van der Waals surface area contributed by atoms with E-state index in [1.54, 1.807) is 12.4 Å². The lowest BCUT2D eigenvalue weighted by molar-refractivity contribution is 0.149. The highest BCUT2D eigenvalue weighted by atomic mass is 16.5. The molecule has 3 rings (SSSR count). The number of rotatable bonds is 2. The topological polar surface area (TPSA) is 71.9 Å². The lowest BCUT2D eigenvalue weighted by Gasteiger charge is -2.27. The van der Waals surface area contributed by atoms with Gasteiger partial charge in [0.05, 0.1) is 11.7 Å². The molecule has 102 valence electrons. The zero-order valence-corrected chi connectivity index (χ0v) is 11.2. The SMILES string of the molecule is N#Cc1cncc2cccc(OC3CCC(N)CC3)c12. The van der Waals surface area contributed by atoms with Crippen LogP contribution < -0.4 is 10.5 Å². The van der Waals surface area contributed by atoms with Crippen LogP contribution in [-0.2, 0) is 0 Å². The fourth-order valence-electron chi connectivity index (χ4n) is 2.77. The summed E-state index contributed by atoms with van der Waals surface area (Å²) < 4.78 is 6.12. The highest BCUT2D eigenvalue weighted by Gasteiger charge is 2.21. The van der Waals surface area contributed by atoms with Gasteiger partial charge in [0.25, 0.3) is 0 Å². The van der Waals surface area contributed by atoms with Gasteiger partial charge in [0, 0.05) is 29.2 Å². The number of benzene rings is 1. The number of hydrogen-bond acceptors (Lipinski definition) is 4. The van der Waals surface area contributed by atoms with E-state index < -0.39 is 0 Å². The van der Waals surface area contributed by atoms with Gasteiger partial charge in [-0.05, 0) is 31.7 Å². The van der Waals surface area contributed by atoms with Gasteiger partial charge in [0.2, 0.25) is 0 Å². The van der Waals surface area contributed by atoms with E-state index in [1.807, 2.05) is 18.2 Å². The molecule has 0 aliphatic heterocycles. The molecule has 2 aromatic rings. The monoisotopic (exact) mass is 267 g/mol. The zero-order valence-electron chi connectivity index (χ0n) is 11.2. The Kier molecular flexibility index (Phi) is 3.53. The summed E-state index contributed by atoms with van der Waals surface area (Å²) in [6.45, 7) is 0. The second kappa shape index (κ2) is 5.48. The van der Waals surface area contributed by atoms with Gasteiger partial charge in [0.1, 0.15) is 11.8 Å². The minimum atomic E-state index is 0.195. The third-order valence-corrected chi connectivity index (χ3v) is 3.88. The standard InChI is InChI=1S/C16H17N3O/c17-8-12-10-19-9-11-2-1-3-15(16(11)12)20-14-6-4-13(18)5-7-14/h1-3,9-10,13-14H,4-7,18H2. The van der Waals surface area contributed by atoms with Crippen LogP contribution in [0.5, 0.6) is 5.75 Å². The average Bonchev–Trinajstić information content (AvgIpc) is 2.49. The Hall–Kier alpha value is -2.12. The van der Waals surface area contributed by atoms with Gasteiger partial charge >= 0.3 is 0 Å². The summed E-state index contributed by atoms with van der Waals surface area (Å²) in [5, 5.41) is 11.0. The second-order valence-corrected chi connectivity index (χ2v) is 5.31. The summed E-state index contributed by atoms with van der Waals surface area (Å²) in [5.74, 6) is 0.780. The molecular weight excluding hydrogens is 250 g/mol. The number of nitriles is 1. The van der Waals surface area contributed by atoms with E-state index in [-0.39, 0.29) is 6.10 Å². The normalized spacial score (nSPS) is 22.4. The average molecular weight is 267 g/mol. The Labute approximate surface area is 118 Å². The van der Waals surface area contributed by atoms with Crippen molar-refractivity contribution in [2.24, 2.45) is 5.73 Å². The largest absolute Gasteiger partial charge is 0.490 e. The van der Waals surface area contributed by atoms with Crippen molar-refractivity contribution in [2.45, 2.75) is 37.8 Å². The minimum absolute atomic E-state index is 0.195. The Balaban J connectivity index is 1.93. The smallest absolute Gasteiger partial charge is 0.128 e. The van der Waals surface area contributed by atoms with Crippen molar-refractivity contribution in [1.29, 1.82) is 5.26 Å². The van der Waals surface area contributed by atoms with Crippen molar-refractivity contribution in [3.8, 4) is 11.8 Å². The van der Waals surface area contributed by atoms with Gasteiger partial charge in [-0.3, -0.25) is 4.98 Å². The summed E-state index contributed by atoms with van der Waals surface area (Å²) in [5.41, 5.74) is 6.48. The third-order valence-electron chi connectivity index (χ3n) is 3.88. The first-order valence-electron chi connectivity index (χ1n) is 6.97. The number of nitrogens with zero attached hydrogens (tertiary/aromatic N) is 2. The maximum absolute atomic E-state index is 9.24. The lowest BCUT2D eigenvalue weighted by Crippen LogP contribution is -2.31. The highest BCUT2D eigenvalue weighted by molar-refractivity contribution is 5.92. The summed E-state index contributed by atoms with van der Waals surface area (Å²) in [6, 6.07) is 8.32. The first-order valence-corrected chi connectivity index (χ1v) is 6.97. The Morgan fingerprint density at radius 3 is 2.75 bits per heavy atom. The molecule has 1 aliphatic rings. The van der Waals surface area contributed by atoms with Crippen molar-refractivity contribution in [1.82, 2.24) is 4.98 Å². The van der Waals surface area contributed by atoms with Crippen LogP contribution >= 0.6 is 0 Å². The maximum atomic E-state index is 9.24. The van der Waals surface area contributed by atoms with Crippen LogP contribution in [0.25, 0.3) is 10.8 Å². The molecule has 1 fully saturated rings. The van der Waals surface area contributed by atoms with Crippen LogP contribution in [0.15, 0.2) is 30.6 Å². The third kappa shape index (κ3) is 2.45. The molecule has 0 spiro atoms. The van der Waals surface area contributed by atoms with E-state index in [4.69, 9.17) is 10.5 Å². The van der Waals surface area contributed by atoms with Gasteiger partial charge in [-0.1, -0.05) is 12.1 Å². The van der Waals surface area contributed by atoms with Crippen LogP contribution in [0.1, 0.15) is 31.2 Å². The Morgan fingerprint density at radius 2 is 2.00 bits per heavy atom. The highest BCUT2D eigenvalue weighted by Crippen LogP contribution is 2.31. The van der Waals surface area contributed by atoms with E-state index in [9.17, 15) is 5.26 Å². The fourth-order valence-corrected chi connectivity index (χ4v) is 2.77. The van der Waals surface area contributed by atoms with Gasteiger partial charge in [0.15, 0.2) is 0 Å². The van der Waals surface area contributed by atoms with E-state index in [2.05, 4.69) is 11.1 Å². The van der Waals surface area contributed by atoms with Gasteiger partial charge in [-0.2, -0.15) is 5.26 Å². The number of fused-ring (bicyclic) bond motifs is 1. The minimum Gasteiger partial charge on any atom is -0.490 e. The van der Waals surface area contributed by atoms with Crippen LogP contribution in [0, 0.1) is 11.3 Å². The molecular formula is C16H17N3O. The molecule has 1 saturated carbocycles. The Morgan fingerprint density at radius 1 is 1.20 bits per heavy atom. The van der Waals surface area contributed by atoms with Gasteiger partial charge in [-0.15, -0.1) is 0 Å². The number of ether oxygens (including phenoxy) is 1. The summed E-state index contributed by atoms with van der Waals surface area (Å²) in [4.78, 5) is 4.09. The van der Waals surface area contributed by atoms with E-state index >= 15 is 0 Å². The molecule has 0 radical (unpaired) electrons. The van der Waals surface area contributed by atoms with Crippen molar-refractivity contribution in [3.05, 3.63) is 36.2 Å². The quantitative estimate of drug-likeness (QED) is 0.908. The van der Waals surface area contributed by atoms with Crippen molar-refractivity contribution in [2.75, 3.05) is 0 Å². The molecule has 0 bridgehead atoms. The molecule has 1 aromatic heterocycles. The van der Waals surface area contributed by atoms with Gasteiger partial charge < -0.3 is 10.5 Å². The van der Waals surface area contributed by atoms with Crippen LogP contribution in [-0.4, -0.2) is 17.1 Å². The van der Waals surface area contributed by atoms with Gasteiger partial charge in [-0.25, -0.2) is 0 Å². The number of nitrogens with two attached hydrogens (primary N) is 1. The van der Waals surface area contributed by atoms with Crippen molar-refractivity contribution >= 4 is 10.8 Å². The first-order chi connectivity index (χ1) is 9.78. The molecule has 0 saturated heterocycles. The van der Waals surface area contributed by atoms with Crippen LogP contribution in [0.4, 0.5) is 0 Å². The molecule has 0 amide bonds. The summed E-state index contributed by atoms with van der Waals surface area (Å²) in [6.07, 6.45) is 7.51. The molecule has 1 heterocycles. The van der Waals surface area contributed by atoms with E-state index in [0.29, 0.717) is 11.6 Å².